The third-order valence-electron chi connectivity index (χ3n) is 1.98. The first-order chi connectivity index (χ1) is 7.09. The van der Waals surface area contributed by atoms with Crippen molar-refractivity contribution in [3.8, 4) is 10.4 Å². The van der Waals surface area contributed by atoms with Gasteiger partial charge in [-0.15, -0.1) is 11.3 Å². The van der Waals surface area contributed by atoms with Crippen molar-refractivity contribution in [3.05, 3.63) is 41.8 Å². The third kappa shape index (κ3) is 2.09. The number of sulfonamides is 1. The topological polar surface area (TPSA) is 60.2 Å². The smallest absolute Gasteiger partial charge is 0.225 e. The molecule has 2 N–H and O–H groups in total. The first-order valence-electron chi connectivity index (χ1n) is 4.25. The van der Waals surface area contributed by atoms with Crippen molar-refractivity contribution in [1.82, 2.24) is 0 Å². The maximum Gasteiger partial charge on any atom is 0.238 e. The van der Waals surface area contributed by atoms with Gasteiger partial charge in [0.25, 0.3) is 0 Å². The number of nitrogens with two attached hydrogens (primary N) is 1. The number of hydrogen-bond donors (Lipinski definition) is 1. The number of benzene rings is 1. The molecule has 78 valence electrons. The second-order valence-electron chi connectivity index (χ2n) is 3.02. The standard InChI is InChI=1S/C10H9NO2S2/c11-15(12,13)10-6-2-1-4-8(10)9-5-3-7-14-9/h1-7H,(H2,11,12,13). The van der Waals surface area contributed by atoms with Crippen LogP contribution in [0.3, 0.4) is 0 Å². The van der Waals surface area contributed by atoms with E-state index in [4.69, 9.17) is 5.14 Å². The van der Waals surface area contributed by atoms with Crippen LogP contribution in [-0.4, -0.2) is 8.42 Å². The summed E-state index contributed by atoms with van der Waals surface area (Å²) in [5.41, 5.74) is 0.662. The quantitative estimate of drug-likeness (QED) is 0.872. The minimum atomic E-state index is -3.65. The first-order valence-corrected chi connectivity index (χ1v) is 6.67. The van der Waals surface area contributed by atoms with E-state index in [1.807, 2.05) is 17.5 Å². The van der Waals surface area contributed by atoms with Crippen LogP contribution in [0.15, 0.2) is 46.7 Å². The summed E-state index contributed by atoms with van der Waals surface area (Å²) < 4.78 is 22.7. The Labute approximate surface area is 92.2 Å². The monoisotopic (exact) mass is 239 g/mol. The molecule has 0 saturated heterocycles. The molecule has 1 heterocycles. The average Bonchev–Trinajstić information content (AvgIpc) is 2.69. The van der Waals surface area contributed by atoms with Gasteiger partial charge in [0, 0.05) is 10.4 Å². The zero-order chi connectivity index (χ0) is 10.9. The molecule has 0 fully saturated rings. The van der Waals surface area contributed by atoms with Crippen LogP contribution in [0.1, 0.15) is 0 Å². The molecule has 0 atom stereocenters. The normalized spacial score (nSPS) is 11.5. The highest BCUT2D eigenvalue weighted by Gasteiger charge is 2.14. The molecule has 1 aromatic carbocycles. The fourth-order valence-electron chi connectivity index (χ4n) is 1.35. The van der Waals surface area contributed by atoms with E-state index in [1.54, 1.807) is 18.2 Å². The first kappa shape index (κ1) is 10.4. The Balaban J connectivity index is 2.68. The van der Waals surface area contributed by atoms with E-state index in [1.165, 1.54) is 17.4 Å². The molecular formula is C10H9NO2S2. The van der Waals surface area contributed by atoms with E-state index in [0.717, 1.165) is 4.88 Å². The van der Waals surface area contributed by atoms with Crippen molar-refractivity contribution >= 4 is 21.4 Å². The lowest BCUT2D eigenvalue weighted by Gasteiger charge is -2.04. The van der Waals surface area contributed by atoms with Gasteiger partial charge in [-0.05, 0) is 17.5 Å². The Morgan fingerprint density at radius 2 is 1.80 bits per heavy atom. The molecule has 2 aromatic rings. The fourth-order valence-corrected chi connectivity index (χ4v) is 2.93. The van der Waals surface area contributed by atoms with Crippen LogP contribution < -0.4 is 5.14 Å². The summed E-state index contributed by atoms with van der Waals surface area (Å²) in [5.74, 6) is 0. The largest absolute Gasteiger partial charge is 0.238 e. The number of thiophene rings is 1. The van der Waals surface area contributed by atoms with Crippen LogP contribution in [-0.2, 0) is 10.0 Å². The van der Waals surface area contributed by atoms with Crippen molar-refractivity contribution in [2.75, 3.05) is 0 Å². The van der Waals surface area contributed by atoms with Crippen molar-refractivity contribution in [2.45, 2.75) is 4.90 Å². The van der Waals surface area contributed by atoms with Gasteiger partial charge in [-0.1, -0.05) is 24.3 Å². The summed E-state index contributed by atoms with van der Waals surface area (Å²) in [4.78, 5) is 1.08. The van der Waals surface area contributed by atoms with Gasteiger partial charge in [-0.2, -0.15) is 0 Å². The zero-order valence-electron chi connectivity index (χ0n) is 7.75. The van der Waals surface area contributed by atoms with Gasteiger partial charge in [-0.25, -0.2) is 13.6 Å². The maximum atomic E-state index is 11.3. The van der Waals surface area contributed by atoms with E-state index in [9.17, 15) is 8.42 Å². The van der Waals surface area contributed by atoms with Crippen molar-refractivity contribution < 1.29 is 8.42 Å². The Morgan fingerprint density at radius 1 is 1.07 bits per heavy atom. The van der Waals surface area contributed by atoms with Crippen molar-refractivity contribution in [2.24, 2.45) is 5.14 Å². The second-order valence-corrected chi connectivity index (χ2v) is 5.50. The predicted octanol–water partition coefficient (Wildman–Crippen LogP) is 2.06. The lowest BCUT2D eigenvalue weighted by molar-refractivity contribution is 0.598. The molecule has 0 amide bonds. The van der Waals surface area contributed by atoms with Crippen LogP contribution in [0.2, 0.25) is 0 Å². The maximum absolute atomic E-state index is 11.3. The van der Waals surface area contributed by atoms with E-state index in [-0.39, 0.29) is 4.90 Å². The third-order valence-corrected chi connectivity index (χ3v) is 3.85. The highest BCUT2D eigenvalue weighted by Crippen LogP contribution is 2.29. The Hall–Kier alpha value is -1.17. The van der Waals surface area contributed by atoms with Gasteiger partial charge in [0.15, 0.2) is 0 Å². The summed E-state index contributed by atoms with van der Waals surface area (Å²) in [6.07, 6.45) is 0. The minimum absolute atomic E-state index is 0.174. The van der Waals surface area contributed by atoms with Crippen LogP contribution >= 0.6 is 11.3 Å². The summed E-state index contributed by atoms with van der Waals surface area (Å²) in [6.45, 7) is 0. The van der Waals surface area contributed by atoms with Gasteiger partial charge in [0.05, 0.1) is 4.90 Å². The molecule has 0 bridgehead atoms. The molecule has 0 aliphatic heterocycles. The van der Waals surface area contributed by atoms with Crippen LogP contribution in [0.5, 0.6) is 0 Å². The molecule has 0 radical (unpaired) electrons. The van der Waals surface area contributed by atoms with Crippen LogP contribution in [0, 0.1) is 0 Å². The van der Waals surface area contributed by atoms with Crippen molar-refractivity contribution in [1.29, 1.82) is 0 Å². The van der Waals surface area contributed by atoms with Crippen LogP contribution in [0.25, 0.3) is 10.4 Å². The molecule has 15 heavy (non-hydrogen) atoms. The van der Waals surface area contributed by atoms with E-state index in [2.05, 4.69) is 0 Å². The van der Waals surface area contributed by atoms with E-state index >= 15 is 0 Å². The molecule has 0 spiro atoms. The predicted molar refractivity (Wildman–Crippen MR) is 61.1 cm³/mol. The molecule has 3 nitrogen and oxygen atoms in total. The molecule has 0 aliphatic rings. The Morgan fingerprint density at radius 3 is 2.40 bits per heavy atom. The summed E-state index contributed by atoms with van der Waals surface area (Å²) in [6, 6.07) is 10.5. The Bertz CT molecular complexity index is 559. The molecule has 0 saturated carbocycles. The molecule has 1 aromatic heterocycles. The van der Waals surface area contributed by atoms with Gasteiger partial charge in [-0.3, -0.25) is 0 Å². The average molecular weight is 239 g/mol. The Kier molecular flexibility index (Phi) is 2.60. The molecular weight excluding hydrogens is 230 g/mol. The van der Waals surface area contributed by atoms with Gasteiger partial charge < -0.3 is 0 Å². The van der Waals surface area contributed by atoms with E-state index in [0.29, 0.717) is 5.56 Å². The molecule has 0 unspecified atom stereocenters. The highest BCUT2D eigenvalue weighted by molar-refractivity contribution is 7.89. The number of hydrogen-bond acceptors (Lipinski definition) is 3. The van der Waals surface area contributed by atoms with Gasteiger partial charge in [0.1, 0.15) is 0 Å². The summed E-state index contributed by atoms with van der Waals surface area (Å²) in [7, 11) is -3.65. The summed E-state index contributed by atoms with van der Waals surface area (Å²) in [5, 5.41) is 7.04. The molecule has 2 rings (SSSR count). The van der Waals surface area contributed by atoms with Crippen LogP contribution in [0.4, 0.5) is 0 Å². The highest BCUT2D eigenvalue weighted by atomic mass is 32.2. The van der Waals surface area contributed by atoms with Gasteiger partial charge in [0.2, 0.25) is 10.0 Å². The lowest BCUT2D eigenvalue weighted by Crippen LogP contribution is -2.13. The summed E-state index contributed by atoms with van der Waals surface area (Å²) >= 11 is 1.49. The van der Waals surface area contributed by atoms with Crippen molar-refractivity contribution in [3.63, 3.8) is 0 Å². The second kappa shape index (κ2) is 3.77. The van der Waals surface area contributed by atoms with E-state index < -0.39 is 10.0 Å². The number of primary sulfonamides is 1. The zero-order valence-corrected chi connectivity index (χ0v) is 9.38. The minimum Gasteiger partial charge on any atom is -0.225 e. The molecule has 0 aliphatic carbocycles. The van der Waals surface area contributed by atoms with Gasteiger partial charge >= 0.3 is 0 Å². The SMILES string of the molecule is NS(=O)(=O)c1ccccc1-c1cccs1. The lowest BCUT2D eigenvalue weighted by atomic mass is 10.2. The fraction of sp³-hybridized carbons (Fsp3) is 0. The number of rotatable bonds is 2. The molecule has 5 heteroatoms.